The molecule has 0 spiro atoms. The van der Waals surface area contributed by atoms with Crippen molar-refractivity contribution in [2.24, 2.45) is 11.7 Å². The summed E-state index contributed by atoms with van der Waals surface area (Å²) >= 11 is 0. The molecule has 1 aromatic rings. The molecule has 0 bridgehead atoms. The number of amides is 3. The van der Waals surface area contributed by atoms with Gasteiger partial charge in [-0.25, -0.2) is 0 Å². The van der Waals surface area contributed by atoms with Crippen LogP contribution in [0.2, 0.25) is 0 Å². The van der Waals surface area contributed by atoms with Crippen molar-refractivity contribution in [2.45, 2.75) is 64.7 Å². The molecular weight excluding hydrogens is 404 g/mol. The van der Waals surface area contributed by atoms with Crippen LogP contribution in [0.15, 0.2) is 24.3 Å². The Morgan fingerprint density at radius 1 is 0.935 bits per heavy atom. The van der Waals surface area contributed by atoms with Gasteiger partial charge >= 0.3 is 5.97 Å². The van der Waals surface area contributed by atoms with E-state index < -0.39 is 47.9 Å². The molecule has 5 atom stereocenters. The van der Waals surface area contributed by atoms with E-state index in [0.717, 1.165) is 0 Å². The van der Waals surface area contributed by atoms with E-state index in [9.17, 15) is 24.3 Å². The molecule has 5 unspecified atom stereocenters. The number of carbonyl (C=O) groups is 4. The largest absolute Gasteiger partial charge is 0.508 e. The number of carboxylic acid groups (broad SMARTS) is 1. The molecule has 0 saturated carbocycles. The molecule has 0 aliphatic carbocycles. The van der Waals surface area contributed by atoms with Gasteiger partial charge in [0.15, 0.2) is 0 Å². The fourth-order valence-electron chi connectivity index (χ4n) is 2.70. The molecule has 0 aromatic heterocycles. The lowest BCUT2D eigenvalue weighted by molar-refractivity contribution is -0.141. The second-order valence-electron chi connectivity index (χ2n) is 7.66. The number of aliphatic carboxylic acids is 1. The Kier molecular flexibility index (Phi) is 9.94. The minimum Gasteiger partial charge on any atom is -0.508 e. The summed E-state index contributed by atoms with van der Waals surface area (Å²) < 4.78 is 0. The average molecular weight is 437 g/mol. The molecule has 1 aromatic carbocycles. The number of benzene rings is 1. The molecule has 10 nitrogen and oxygen atoms in total. The molecule has 0 saturated heterocycles. The first-order valence-electron chi connectivity index (χ1n) is 10.1. The van der Waals surface area contributed by atoms with Gasteiger partial charge in [-0.15, -0.1) is 0 Å². The molecule has 31 heavy (non-hydrogen) atoms. The van der Waals surface area contributed by atoms with Crippen LogP contribution in [0.5, 0.6) is 5.75 Å². The Hall–Kier alpha value is -3.14. The van der Waals surface area contributed by atoms with E-state index >= 15 is 0 Å². The quantitative estimate of drug-likeness (QED) is 0.281. The Morgan fingerprint density at radius 3 is 2.00 bits per heavy atom. The van der Waals surface area contributed by atoms with Crippen molar-refractivity contribution < 1.29 is 29.4 Å². The SMILES string of the molecule is CCC(C)C(NC(=O)C(C)N)C(=O)NC(Cc1ccc(O)cc1)C(=O)NC(C)C(=O)O. The van der Waals surface area contributed by atoms with Crippen LogP contribution in [-0.2, 0) is 25.6 Å². The van der Waals surface area contributed by atoms with Gasteiger partial charge in [-0.2, -0.15) is 0 Å². The summed E-state index contributed by atoms with van der Waals surface area (Å²) in [4.78, 5) is 48.9. The van der Waals surface area contributed by atoms with Gasteiger partial charge in [-0.1, -0.05) is 32.4 Å². The van der Waals surface area contributed by atoms with Gasteiger partial charge in [-0.3, -0.25) is 19.2 Å². The van der Waals surface area contributed by atoms with E-state index in [0.29, 0.717) is 12.0 Å². The molecule has 10 heteroatoms. The summed E-state index contributed by atoms with van der Waals surface area (Å²) in [5.41, 5.74) is 6.23. The number of aromatic hydroxyl groups is 1. The van der Waals surface area contributed by atoms with E-state index in [1.54, 1.807) is 19.1 Å². The molecule has 1 rings (SSSR count). The third-order valence-electron chi connectivity index (χ3n) is 4.95. The van der Waals surface area contributed by atoms with Crippen molar-refractivity contribution >= 4 is 23.7 Å². The smallest absolute Gasteiger partial charge is 0.325 e. The van der Waals surface area contributed by atoms with Crippen LogP contribution >= 0.6 is 0 Å². The molecular formula is C21H32N4O6. The molecule has 172 valence electrons. The summed E-state index contributed by atoms with van der Waals surface area (Å²) in [5, 5.41) is 26.1. The van der Waals surface area contributed by atoms with Gasteiger partial charge in [0.05, 0.1) is 6.04 Å². The van der Waals surface area contributed by atoms with Gasteiger partial charge < -0.3 is 31.9 Å². The van der Waals surface area contributed by atoms with Crippen molar-refractivity contribution in [3.8, 4) is 5.75 Å². The summed E-state index contributed by atoms with van der Waals surface area (Å²) in [6.07, 6.45) is 0.640. The first-order valence-corrected chi connectivity index (χ1v) is 10.1. The standard InChI is InChI=1S/C21H32N4O6/c1-5-11(2)17(25-18(27)12(3)22)20(29)24-16(19(28)23-13(4)21(30)31)10-14-6-8-15(26)9-7-14/h6-9,11-13,16-17,26H,5,10,22H2,1-4H3,(H,23,28)(H,24,29)(H,25,27)(H,30,31). The Labute approximate surface area is 181 Å². The van der Waals surface area contributed by atoms with Crippen LogP contribution < -0.4 is 21.7 Å². The molecule has 0 aliphatic heterocycles. The number of nitrogens with two attached hydrogens (primary N) is 1. The van der Waals surface area contributed by atoms with Crippen molar-refractivity contribution in [2.75, 3.05) is 0 Å². The zero-order valence-electron chi connectivity index (χ0n) is 18.2. The summed E-state index contributed by atoms with van der Waals surface area (Å²) in [7, 11) is 0. The number of hydrogen-bond donors (Lipinski definition) is 6. The van der Waals surface area contributed by atoms with Crippen LogP contribution in [0.25, 0.3) is 0 Å². The van der Waals surface area contributed by atoms with Gasteiger partial charge in [0, 0.05) is 6.42 Å². The Morgan fingerprint density at radius 2 is 1.52 bits per heavy atom. The van der Waals surface area contributed by atoms with Crippen molar-refractivity contribution in [3.05, 3.63) is 29.8 Å². The lowest BCUT2D eigenvalue weighted by Crippen LogP contribution is -2.58. The third kappa shape index (κ3) is 8.25. The van der Waals surface area contributed by atoms with Crippen LogP contribution in [0.1, 0.15) is 39.7 Å². The maximum atomic E-state index is 13.0. The number of hydrogen-bond acceptors (Lipinski definition) is 6. The highest BCUT2D eigenvalue weighted by Gasteiger charge is 2.31. The summed E-state index contributed by atoms with van der Waals surface area (Å²) in [5.74, 6) is -3.17. The van der Waals surface area contributed by atoms with Crippen LogP contribution in [-0.4, -0.2) is 58.1 Å². The van der Waals surface area contributed by atoms with E-state index in [4.69, 9.17) is 10.8 Å². The molecule has 0 heterocycles. The predicted molar refractivity (Wildman–Crippen MR) is 114 cm³/mol. The topological polar surface area (TPSA) is 171 Å². The van der Waals surface area contributed by atoms with E-state index in [2.05, 4.69) is 16.0 Å². The van der Waals surface area contributed by atoms with E-state index in [1.165, 1.54) is 26.0 Å². The number of carboxylic acids is 1. The molecule has 0 fully saturated rings. The number of carbonyl (C=O) groups excluding carboxylic acids is 3. The fraction of sp³-hybridized carbons (Fsp3) is 0.524. The highest BCUT2D eigenvalue weighted by atomic mass is 16.4. The third-order valence-corrected chi connectivity index (χ3v) is 4.95. The van der Waals surface area contributed by atoms with Gasteiger partial charge in [0.25, 0.3) is 0 Å². The molecule has 7 N–H and O–H groups in total. The number of phenols is 1. The normalized spacial score (nSPS) is 15.6. The van der Waals surface area contributed by atoms with Crippen LogP contribution in [0, 0.1) is 5.92 Å². The highest BCUT2D eigenvalue weighted by molar-refractivity contribution is 5.94. The minimum absolute atomic E-state index is 0.0451. The molecule has 0 aliphatic rings. The number of phenolic OH excluding ortho intramolecular Hbond substituents is 1. The van der Waals surface area contributed by atoms with Crippen LogP contribution in [0.4, 0.5) is 0 Å². The first kappa shape index (κ1) is 25.9. The average Bonchev–Trinajstić information content (AvgIpc) is 2.71. The minimum atomic E-state index is -1.22. The van der Waals surface area contributed by atoms with Crippen LogP contribution in [0.3, 0.4) is 0 Å². The second kappa shape index (κ2) is 11.9. The molecule has 0 radical (unpaired) electrons. The number of nitrogens with one attached hydrogen (secondary N) is 3. The first-order chi connectivity index (χ1) is 14.5. The Bertz CT molecular complexity index is 781. The highest BCUT2D eigenvalue weighted by Crippen LogP contribution is 2.13. The maximum Gasteiger partial charge on any atom is 0.325 e. The summed E-state index contributed by atoms with van der Waals surface area (Å²) in [6.45, 7) is 6.45. The summed E-state index contributed by atoms with van der Waals surface area (Å²) in [6, 6.07) is 2.07. The molecule has 3 amide bonds. The van der Waals surface area contributed by atoms with Gasteiger partial charge in [-0.05, 0) is 37.5 Å². The van der Waals surface area contributed by atoms with E-state index in [-0.39, 0.29) is 18.1 Å². The zero-order chi connectivity index (χ0) is 23.7. The van der Waals surface area contributed by atoms with Crippen molar-refractivity contribution in [1.29, 1.82) is 0 Å². The number of rotatable bonds is 11. The second-order valence-corrected chi connectivity index (χ2v) is 7.66. The maximum absolute atomic E-state index is 13.0. The Balaban J connectivity index is 3.09. The fourth-order valence-corrected chi connectivity index (χ4v) is 2.70. The van der Waals surface area contributed by atoms with Crippen molar-refractivity contribution in [3.63, 3.8) is 0 Å². The van der Waals surface area contributed by atoms with Gasteiger partial charge in [0.1, 0.15) is 23.9 Å². The van der Waals surface area contributed by atoms with Crippen molar-refractivity contribution in [1.82, 2.24) is 16.0 Å². The van der Waals surface area contributed by atoms with Gasteiger partial charge in [0.2, 0.25) is 17.7 Å². The lowest BCUT2D eigenvalue weighted by Gasteiger charge is -2.27. The predicted octanol–water partition coefficient (Wildman–Crippen LogP) is -0.113. The zero-order valence-corrected chi connectivity index (χ0v) is 18.2. The monoisotopic (exact) mass is 436 g/mol. The lowest BCUT2D eigenvalue weighted by atomic mass is 9.96. The van der Waals surface area contributed by atoms with E-state index in [1.807, 2.05) is 6.92 Å².